The Kier molecular flexibility index (Phi) is 3.90. The minimum atomic E-state index is -0.700. The molecule has 4 N–H and O–H groups in total. The van der Waals surface area contributed by atoms with Gasteiger partial charge in [0.2, 0.25) is 0 Å². The minimum absolute atomic E-state index is 0.0567. The van der Waals surface area contributed by atoms with Crippen molar-refractivity contribution in [2.24, 2.45) is 5.73 Å². The number of anilines is 1. The molecular weight excluding hydrogens is 281 g/mol. The third-order valence-electron chi connectivity index (χ3n) is 2.57. The zero-order valence-corrected chi connectivity index (χ0v) is 11.0. The smallest absolute Gasteiger partial charge is 0.261 e. The van der Waals surface area contributed by atoms with Crippen molar-refractivity contribution in [2.45, 2.75) is 0 Å². The predicted octanol–water partition coefficient (Wildman–Crippen LogP) is 1.40. The van der Waals surface area contributed by atoms with E-state index in [4.69, 9.17) is 18.0 Å². The van der Waals surface area contributed by atoms with Crippen molar-refractivity contribution in [1.29, 1.82) is 0 Å². The molecular formula is C13H10FN3O2S. The van der Waals surface area contributed by atoms with Gasteiger partial charge in [-0.15, -0.1) is 0 Å². The highest BCUT2D eigenvalue weighted by Gasteiger charge is 2.12. The van der Waals surface area contributed by atoms with Crippen LogP contribution in [0.1, 0.15) is 15.9 Å². The number of benzene rings is 1. The van der Waals surface area contributed by atoms with Gasteiger partial charge in [-0.05, 0) is 18.2 Å². The topological polar surface area (TPSA) is 88.0 Å². The van der Waals surface area contributed by atoms with E-state index >= 15 is 0 Å². The van der Waals surface area contributed by atoms with Crippen molar-refractivity contribution in [3.05, 3.63) is 63.8 Å². The number of halogens is 1. The highest BCUT2D eigenvalue weighted by atomic mass is 32.1. The molecule has 0 aliphatic heterocycles. The number of rotatable bonds is 3. The molecule has 0 atom stereocenters. The van der Waals surface area contributed by atoms with E-state index in [9.17, 15) is 14.0 Å². The average molecular weight is 291 g/mol. The fraction of sp³-hybridized carbons (Fsp3) is 0. The Morgan fingerprint density at radius 1 is 1.35 bits per heavy atom. The molecule has 0 fully saturated rings. The molecule has 0 saturated carbocycles. The lowest BCUT2D eigenvalue weighted by Crippen LogP contribution is -2.21. The Labute approximate surface area is 118 Å². The fourth-order valence-corrected chi connectivity index (χ4v) is 1.68. The van der Waals surface area contributed by atoms with Crippen molar-refractivity contribution in [2.75, 3.05) is 5.32 Å². The summed E-state index contributed by atoms with van der Waals surface area (Å²) in [5, 5.41) is 2.32. The molecule has 0 bridgehead atoms. The molecule has 2 rings (SSSR count). The zero-order chi connectivity index (χ0) is 14.7. The SMILES string of the molecule is NC(=S)c1ccc(NC(=O)c2c[nH]ccc2=O)c(F)c1. The van der Waals surface area contributed by atoms with Crippen LogP contribution in [-0.4, -0.2) is 15.9 Å². The number of aromatic nitrogens is 1. The van der Waals surface area contributed by atoms with Crippen LogP contribution in [0.2, 0.25) is 0 Å². The quantitative estimate of drug-likeness (QED) is 0.746. The Morgan fingerprint density at radius 2 is 2.10 bits per heavy atom. The number of hydrogen-bond acceptors (Lipinski definition) is 3. The Morgan fingerprint density at radius 3 is 2.70 bits per heavy atom. The highest BCUT2D eigenvalue weighted by Crippen LogP contribution is 2.16. The number of aromatic amines is 1. The molecule has 0 aliphatic carbocycles. The van der Waals surface area contributed by atoms with Gasteiger partial charge in [-0.1, -0.05) is 12.2 Å². The molecule has 0 spiro atoms. The predicted molar refractivity (Wildman–Crippen MR) is 77.3 cm³/mol. The summed E-state index contributed by atoms with van der Waals surface area (Å²) in [6.45, 7) is 0. The van der Waals surface area contributed by atoms with E-state index in [-0.39, 0.29) is 16.2 Å². The molecule has 1 aromatic carbocycles. The summed E-state index contributed by atoms with van der Waals surface area (Å²) >= 11 is 4.72. The maximum atomic E-state index is 13.8. The van der Waals surface area contributed by atoms with Gasteiger partial charge >= 0.3 is 0 Å². The molecule has 0 radical (unpaired) electrons. The van der Waals surface area contributed by atoms with Crippen molar-refractivity contribution >= 4 is 28.8 Å². The maximum absolute atomic E-state index is 13.8. The Balaban J connectivity index is 2.27. The van der Waals surface area contributed by atoms with Gasteiger partial charge in [0, 0.05) is 24.0 Å². The molecule has 0 unspecified atom stereocenters. The summed E-state index contributed by atoms with van der Waals surface area (Å²) in [6.07, 6.45) is 2.65. The number of H-pyrrole nitrogens is 1. The van der Waals surface area contributed by atoms with Crippen LogP contribution in [0.5, 0.6) is 0 Å². The molecule has 2 aromatic rings. The van der Waals surface area contributed by atoms with Crippen LogP contribution in [0.4, 0.5) is 10.1 Å². The van der Waals surface area contributed by atoms with Gasteiger partial charge in [0.05, 0.1) is 5.69 Å². The first kappa shape index (κ1) is 13.9. The summed E-state index contributed by atoms with van der Waals surface area (Å²) < 4.78 is 13.8. The number of nitrogens with two attached hydrogens (primary N) is 1. The van der Waals surface area contributed by atoms with Gasteiger partial charge in [-0.2, -0.15) is 0 Å². The van der Waals surface area contributed by atoms with Crippen LogP contribution < -0.4 is 16.5 Å². The Bertz CT molecular complexity index is 742. The third-order valence-corrected chi connectivity index (χ3v) is 2.81. The lowest BCUT2D eigenvalue weighted by atomic mass is 10.2. The summed E-state index contributed by atoms with van der Waals surface area (Å²) in [4.78, 5) is 26.0. The molecule has 1 amide bonds. The van der Waals surface area contributed by atoms with Gasteiger partial charge in [0.1, 0.15) is 16.4 Å². The highest BCUT2D eigenvalue weighted by molar-refractivity contribution is 7.80. The lowest BCUT2D eigenvalue weighted by molar-refractivity contribution is 0.102. The standard InChI is InChI=1S/C13H10FN3O2S/c14-9-5-7(12(15)20)1-2-10(9)17-13(19)8-6-16-4-3-11(8)18/h1-6H,(H2,15,20)(H,16,18)(H,17,19). The minimum Gasteiger partial charge on any atom is -0.389 e. The molecule has 102 valence electrons. The first-order valence-corrected chi connectivity index (χ1v) is 5.97. The van der Waals surface area contributed by atoms with E-state index in [0.717, 1.165) is 6.07 Å². The second kappa shape index (κ2) is 5.62. The van der Waals surface area contributed by atoms with Crippen LogP contribution in [0.25, 0.3) is 0 Å². The largest absolute Gasteiger partial charge is 0.389 e. The molecule has 5 nitrogen and oxygen atoms in total. The number of amides is 1. The van der Waals surface area contributed by atoms with Crippen molar-refractivity contribution < 1.29 is 9.18 Å². The molecule has 7 heteroatoms. The van der Waals surface area contributed by atoms with Crippen LogP contribution in [0, 0.1) is 5.82 Å². The summed E-state index contributed by atoms with van der Waals surface area (Å²) in [5.41, 5.74) is 5.11. The van der Waals surface area contributed by atoms with E-state index in [1.165, 1.54) is 30.6 Å². The number of carbonyl (C=O) groups excluding carboxylic acids is 1. The normalized spacial score (nSPS) is 10.1. The third kappa shape index (κ3) is 2.89. The number of hydrogen-bond donors (Lipinski definition) is 3. The lowest BCUT2D eigenvalue weighted by Gasteiger charge is -2.07. The number of carbonyl (C=O) groups is 1. The van der Waals surface area contributed by atoms with E-state index in [0.29, 0.717) is 5.56 Å². The van der Waals surface area contributed by atoms with Crippen LogP contribution in [0.15, 0.2) is 41.5 Å². The van der Waals surface area contributed by atoms with Gasteiger partial charge < -0.3 is 16.0 Å². The van der Waals surface area contributed by atoms with E-state index in [2.05, 4.69) is 10.3 Å². The molecule has 1 aromatic heterocycles. The fourth-order valence-electron chi connectivity index (χ4n) is 1.55. The van der Waals surface area contributed by atoms with Gasteiger partial charge in [-0.3, -0.25) is 9.59 Å². The maximum Gasteiger partial charge on any atom is 0.261 e. The Hall–Kier alpha value is -2.54. The number of pyridine rings is 1. The average Bonchev–Trinajstić information content (AvgIpc) is 2.41. The van der Waals surface area contributed by atoms with E-state index in [1.54, 1.807) is 0 Å². The number of thiocarbonyl (C=S) groups is 1. The zero-order valence-electron chi connectivity index (χ0n) is 10.1. The second-order valence-corrected chi connectivity index (χ2v) is 4.38. The first-order valence-electron chi connectivity index (χ1n) is 5.57. The molecule has 20 heavy (non-hydrogen) atoms. The number of nitrogens with one attached hydrogen (secondary N) is 2. The van der Waals surface area contributed by atoms with E-state index < -0.39 is 17.2 Å². The van der Waals surface area contributed by atoms with E-state index in [1.807, 2.05) is 0 Å². The summed E-state index contributed by atoms with van der Waals surface area (Å²) in [6, 6.07) is 5.14. The molecule has 0 aliphatic rings. The van der Waals surface area contributed by atoms with Crippen molar-refractivity contribution in [1.82, 2.24) is 4.98 Å². The van der Waals surface area contributed by atoms with Crippen LogP contribution >= 0.6 is 12.2 Å². The van der Waals surface area contributed by atoms with Crippen molar-refractivity contribution in [3.8, 4) is 0 Å². The monoisotopic (exact) mass is 291 g/mol. The van der Waals surface area contributed by atoms with Crippen LogP contribution in [-0.2, 0) is 0 Å². The summed E-state index contributed by atoms with van der Waals surface area (Å²) in [5.74, 6) is -1.38. The first-order chi connectivity index (χ1) is 9.49. The molecule has 0 saturated heterocycles. The molecule has 1 heterocycles. The van der Waals surface area contributed by atoms with Gasteiger partial charge in [0.25, 0.3) is 5.91 Å². The second-order valence-electron chi connectivity index (χ2n) is 3.94. The summed E-state index contributed by atoms with van der Waals surface area (Å²) in [7, 11) is 0. The van der Waals surface area contributed by atoms with Gasteiger partial charge in [0.15, 0.2) is 5.43 Å². The van der Waals surface area contributed by atoms with Crippen LogP contribution in [0.3, 0.4) is 0 Å². The van der Waals surface area contributed by atoms with Crippen molar-refractivity contribution in [3.63, 3.8) is 0 Å². The van der Waals surface area contributed by atoms with Gasteiger partial charge in [-0.25, -0.2) is 4.39 Å².